The number of hydrogen-bond acceptors (Lipinski definition) is 5. The predicted octanol–water partition coefficient (Wildman–Crippen LogP) is 0.0200. The Kier molecular flexibility index (Phi) is 6.04. The number of aliphatic hydroxyl groups is 1. The van der Waals surface area contributed by atoms with Crippen LogP contribution in [0.1, 0.15) is 32.1 Å². The molecule has 1 unspecified atom stereocenters. The van der Waals surface area contributed by atoms with Gasteiger partial charge in [0.15, 0.2) is 6.10 Å². The summed E-state index contributed by atoms with van der Waals surface area (Å²) in [5.74, 6) is -0.581. The Bertz CT molecular complexity index is 362. The van der Waals surface area contributed by atoms with Gasteiger partial charge in [0.05, 0.1) is 12.9 Å². The molecule has 106 valence electrons. The maximum Gasteiger partial charge on any atom is 0.336 e. The first kappa shape index (κ1) is 15.4. The molecule has 0 aromatic rings. The van der Waals surface area contributed by atoms with E-state index in [0.717, 1.165) is 32.8 Å². The van der Waals surface area contributed by atoms with Gasteiger partial charge in [-0.3, -0.25) is 0 Å². The monoisotopic (exact) mass is 279 g/mol. The maximum atomic E-state index is 11.7. The molecule has 0 spiro atoms. The molecule has 1 rings (SSSR count). The number of sulfonamides is 1. The third-order valence-electron chi connectivity index (χ3n) is 3.15. The predicted molar refractivity (Wildman–Crippen MR) is 66.4 cm³/mol. The molecular formula is C11H21NO5S. The van der Waals surface area contributed by atoms with E-state index in [1.165, 1.54) is 6.42 Å². The molecule has 18 heavy (non-hydrogen) atoms. The first-order valence-electron chi connectivity index (χ1n) is 6.18. The third-order valence-corrected chi connectivity index (χ3v) is 4.67. The highest BCUT2D eigenvalue weighted by Gasteiger charge is 2.23. The van der Waals surface area contributed by atoms with Gasteiger partial charge in [0.25, 0.3) is 0 Å². The van der Waals surface area contributed by atoms with E-state index in [2.05, 4.69) is 9.46 Å². The molecule has 7 heteroatoms. The van der Waals surface area contributed by atoms with Gasteiger partial charge in [0, 0.05) is 6.54 Å². The Labute approximate surface area is 108 Å². The number of methoxy groups -OCH3 is 1. The molecule has 0 aromatic carbocycles. The zero-order valence-corrected chi connectivity index (χ0v) is 11.4. The quantitative estimate of drug-likeness (QED) is 0.669. The van der Waals surface area contributed by atoms with Crippen LogP contribution < -0.4 is 4.72 Å². The minimum atomic E-state index is -3.44. The van der Waals surface area contributed by atoms with E-state index in [0.29, 0.717) is 0 Å². The van der Waals surface area contributed by atoms with Gasteiger partial charge in [0.1, 0.15) is 0 Å². The van der Waals surface area contributed by atoms with Gasteiger partial charge < -0.3 is 9.84 Å². The lowest BCUT2D eigenvalue weighted by molar-refractivity contribution is -0.149. The second-order valence-corrected chi connectivity index (χ2v) is 6.52. The zero-order valence-electron chi connectivity index (χ0n) is 10.6. The number of nitrogens with one attached hydrogen (secondary N) is 1. The fourth-order valence-electron chi connectivity index (χ4n) is 2.15. The maximum absolute atomic E-state index is 11.7. The first-order chi connectivity index (χ1) is 8.44. The van der Waals surface area contributed by atoms with E-state index in [4.69, 9.17) is 0 Å². The van der Waals surface area contributed by atoms with Gasteiger partial charge in [-0.15, -0.1) is 0 Å². The molecule has 1 saturated carbocycles. The normalized spacial score (nSPS) is 19.4. The number of hydrogen-bond donors (Lipinski definition) is 2. The van der Waals surface area contributed by atoms with Crippen LogP contribution in [0.25, 0.3) is 0 Å². The molecule has 2 N–H and O–H groups in total. The Hall–Kier alpha value is -0.660. The van der Waals surface area contributed by atoms with Crippen LogP contribution in [0.15, 0.2) is 0 Å². The molecule has 1 aliphatic rings. The van der Waals surface area contributed by atoms with Crippen LogP contribution in [0, 0.1) is 5.92 Å². The molecule has 0 amide bonds. The molecule has 1 atom stereocenters. The first-order valence-corrected chi connectivity index (χ1v) is 7.83. The number of carbonyl (C=O) groups excluding carboxylic acids is 1. The van der Waals surface area contributed by atoms with Crippen LogP contribution in [0.4, 0.5) is 0 Å². The summed E-state index contributed by atoms with van der Waals surface area (Å²) < 4.78 is 30.0. The van der Waals surface area contributed by atoms with Crippen molar-refractivity contribution >= 4 is 16.0 Å². The van der Waals surface area contributed by atoms with Crippen molar-refractivity contribution in [2.75, 3.05) is 19.4 Å². The second-order valence-electron chi connectivity index (χ2n) is 4.67. The van der Waals surface area contributed by atoms with Gasteiger partial charge in [-0.05, 0) is 18.8 Å². The van der Waals surface area contributed by atoms with Crippen molar-refractivity contribution in [2.45, 2.75) is 38.2 Å². The fourth-order valence-corrected chi connectivity index (χ4v) is 3.63. The van der Waals surface area contributed by atoms with Crippen LogP contribution in [0.5, 0.6) is 0 Å². The Morgan fingerprint density at radius 1 is 1.39 bits per heavy atom. The van der Waals surface area contributed by atoms with E-state index >= 15 is 0 Å². The average molecular weight is 279 g/mol. The lowest BCUT2D eigenvalue weighted by Gasteiger charge is -2.21. The van der Waals surface area contributed by atoms with Crippen LogP contribution in [-0.2, 0) is 19.6 Å². The summed E-state index contributed by atoms with van der Waals surface area (Å²) in [4.78, 5) is 10.9. The van der Waals surface area contributed by atoms with E-state index < -0.39 is 22.1 Å². The van der Waals surface area contributed by atoms with E-state index in [9.17, 15) is 18.3 Å². The minimum absolute atomic E-state index is 0.0703. The van der Waals surface area contributed by atoms with Gasteiger partial charge in [0.2, 0.25) is 10.0 Å². The summed E-state index contributed by atoms with van der Waals surface area (Å²) in [6.07, 6.45) is 3.73. The van der Waals surface area contributed by atoms with Gasteiger partial charge in [-0.2, -0.15) is 0 Å². The lowest BCUT2D eigenvalue weighted by Crippen LogP contribution is -2.39. The highest BCUT2D eigenvalue weighted by molar-refractivity contribution is 7.89. The molecule has 6 nitrogen and oxygen atoms in total. The zero-order chi connectivity index (χ0) is 13.6. The summed E-state index contributed by atoms with van der Waals surface area (Å²) in [5.41, 5.74) is 0. The van der Waals surface area contributed by atoms with Crippen LogP contribution in [-0.4, -0.2) is 45.0 Å². The van der Waals surface area contributed by atoms with E-state index in [1.54, 1.807) is 0 Å². The molecule has 0 aliphatic heterocycles. The largest absolute Gasteiger partial charge is 0.467 e. The molecule has 0 aromatic heterocycles. The molecule has 0 saturated heterocycles. The summed E-state index contributed by atoms with van der Waals surface area (Å²) in [7, 11) is -2.29. The Balaban J connectivity index is 2.37. The number of esters is 1. The van der Waals surface area contributed by atoms with Crippen molar-refractivity contribution in [3.63, 3.8) is 0 Å². The van der Waals surface area contributed by atoms with Crippen molar-refractivity contribution in [3.05, 3.63) is 0 Å². The summed E-state index contributed by atoms with van der Waals surface area (Å²) in [5, 5.41) is 9.29. The summed E-state index contributed by atoms with van der Waals surface area (Å²) in [6, 6.07) is 0. The SMILES string of the molecule is COC(=O)C(O)CNS(=O)(=O)CC1CCCCC1. The Morgan fingerprint density at radius 3 is 2.56 bits per heavy atom. The molecule has 0 heterocycles. The van der Waals surface area contributed by atoms with E-state index in [-0.39, 0.29) is 18.2 Å². The topological polar surface area (TPSA) is 92.7 Å². The standard InChI is InChI=1S/C11H21NO5S/c1-17-11(14)10(13)7-12-18(15,16)8-9-5-3-2-4-6-9/h9-10,12-13H,2-8H2,1H3. The highest BCUT2D eigenvalue weighted by Crippen LogP contribution is 2.24. The Morgan fingerprint density at radius 2 is 2.00 bits per heavy atom. The average Bonchev–Trinajstić information content (AvgIpc) is 2.35. The number of aliphatic hydroxyl groups excluding tert-OH is 1. The van der Waals surface area contributed by atoms with Crippen LogP contribution in [0.2, 0.25) is 0 Å². The molecule has 1 aliphatic carbocycles. The van der Waals surface area contributed by atoms with Crippen molar-refractivity contribution in [1.29, 1.82) is 0 Å². The van der Waals surface area contributed by atoms with Crippen molar-refractivity contribution in [3.8, 4) is 0 Å². The van der Waals surface area contributed by atoms with Crippen molar-refractivity contribution < 1.29 is 23.1 Å². The van der Waals surface area contributed by atoms with Gasteiger partial charge in [-0.1, -0.05) is 19.3 Å². The number of ether oxygens (including phenoxy) is 1. The van der Waals surface area contributed by atoms with Gasteiger partial charge >= 0.3 is 5.97 Å². The third kappa shape index (κ3) is 5.32. The summed E-state index contributed by atoms with van der Waals surface area (Å²) >= 11 is 0. The number of carbonyl (C=O) groups is 1. The molecule has 0 bridgehead atoms. The van der Waals surface area contributed by atoms with Crippen LogP contribution in [0.3, 0.4) is 0 Å². The van der Waals surface area contributed by atoms with E-state index in [1.807, 2.05) is 0 Å². The summed E-state index contributed by atoms with van der Waals surface area (Å²) in [6.45, 7) is -0.332. The molecule has 0 radical (unpaired) electrons. The van der Waals surface area contributed by atoms with Crippen LogP contribution >= 0.6 is 0 Å². The van der Waals surface area contributed by atoms with Crippen molar-refractivity contribution in [1.82, 2.24) is 4.72 Å². The molecular weight excluding hydrogens is 258 g/mol. The fraction of sp³-hybridized carbons (Fsp3) is 0.909. The lowest BCUT2D eigenvalue weighted by atomic mass is 9.91. The van der Waals surface area contributed by atoms with Crippen molar-refractivity contribution in [2.24, 2.45) is 5.92 Å². The highest BCUT2D eigenvalue weighted by atomic mass is 32.2. The van der Waals surface area contributed by atoms with Gasteiger partial charge in [-0.25, -0.2) is 17.9 Å². The molecule has 1 fully saturated rings. The minimum Gasteiger partial charge on any atom is -0.467 e. The smallest absolute Gasteiger partial charge is 0.336 e. The number of rotatable bonds is 6. The second kappa shape index (κ2) is 7.06.